The third-order valence-corrected chi connectivity index (χ3v) is 1.96. The van der Waals surface area contributed by atoms with E-state index in [1.165, 1.54) is 12.2 Å². The molecule has 0 aliphatic carbocycles. The normalized spacial score (nSPS) is 43.8. The van der Waals surface area contributed by atoms with Gasteiger partial charge < -0.3 is 14.9 Å². The van der Waals surface area contributed by atoms with E-state index in [-0.39, 0.29) is 6.61 Å². The van der Waals surface area contributed by atoms with Crippen LogP contribution in [0, 0.1) is 0 Å². The molecule has 2 N–H and O–H groups in total. The minimum absolute atomic E-state index is 0.124. The summed E-state index contributed by atoms with van der Waals surface area (Å²) in [6, 6.07) is 0. The predicted octanol–water partition coefficient (Wildman–Crippen LogP) is -0.151. The fourth-order valence-corrected chi connectivity index (χ4v) is 1.16. The van der Waals surface area contributed by atoms with Gasteiger partial charge in [0, 0.05) is 0 Å². The number of rotatable bonds is 2. The first-order valence-electron chi connectivity index (χ1n) is 3.43. The summed E-state index contributed by atoms with van der Waals surface area (Å²) in [5, 5.41) is 18.9. The van der Waals surface area contributed by atoms with E-state index in [1.54, 1.807) is 0 Å². The Hall–Kier alpha value is -0.640. The fraction of sp³-hybridized carbons (Fsp3) is 0.500. The molecule has 1 rings (SSSR count). The first-order chi connectivity index (χ1) is 5.15. The first-order valence-corrected chi connectivity index (χ1v) is 3.43. The van der Waals surface area contributed by atoms with Gasteiger partial charge >= 0.3 is 0 Å². The molecule has 1 fully saturated rings. The monoisotopic (exact) mass is 156 g/mol. The van der Waals surface area contributed by atoms with Gasteiger partial charge in [0.25, 0.3) is 0 Å². The lowest BCUT2D eigenvalue weighted by Crippen LogP contribution is -2.43. The van der Waals surface area contributed by atoms with Crippen LogP contribution in [0.4, 0.5) is 0 Å². The minimum Gasteiger partial charge on any atom is -0.387 e. The highest BCUT2D eigenvalue weighted by Gasteiger charge is 2.45. The molecule has 0 saturated carbocycles. The number of ether oxygens (including phenoxy) is 1. The molecule has 0 aromatic carbocycles. The van der Waals surface area contributed by atoms with E-state index >= 15 is 0 Å². The zero-order chi connectivity index (χ0) is 8.48. The summed E-state index contributed by atoms with van der Waals surface area (Å²) in [4.78, 5) is 0. The summed E-state index contributed by atoms with van der Waals surface area (Å²) in [6.45, 7) is 7.03. The first kappa shape index (κ1) is 8.46. The number of aliphatic hydroxyl groups excluding tert-OH is 1. The Balaban J connectivity index is 2.86. The van der Waals surface area contributed by atoms with Crippen LogP contribution in [0.5, 0.6) is 0 Å². The largest absolute Gasteiger partial charge is 0.387 e. The summed E-state index contributed by atoms with van der Waals surface area (Å²) in [6.07, 6.45) is 1.30. The van der Waals surface area contributed by atoms with E-state index in [9.17, 15) is 10.2 Å². The maximum absolute atomic E-state index is 9.66. The molecule has 1 saturated heterocycles. The van der Waals surface area contributed by atoms with E-state index in [0.29, 0.717) is 0 Å². The molecule has 3 unspecified atom stereocenters. The molecular weight excluding hydrogens is 144 g/mol. The van der Waals surface area contributed by atoms with Crippen molar-refractivity contribution in [1.82, 2.24) is 0 Å². The van der Waals surface area contributed by atoms with Crippen molar-refractivity contribution in [1.29, 1.82) is 0 Å². The molecule has 0 amide bonds. The summed E-state index contributed by atoms with van der Waals surface area (Å²) in [5.74, 6) is 0. The summed E-state index contributed by atoms with van der Waals surface area (Å²) >= 11 is 0. The van der Waals surface area contributed by atoms with Gasteiger partial charge in [0.05, 0.1) is 6.61 Å². The zero-order valence-corrected chi connectivity index (χ0v) is 6.23. The third kappa shape index (κ3) is 1.11. The summed E-state index contributed by atoms with van der Waals surface area (Å²) in [7, 11) is 0. The second-order valence-corrected chi connectivity index (χ2v) is 2.60. The van der Waals surface area contributed by atoms with E-state index < -0.39 is 17.8 Å². The molecule has 3 heteroatoms. The van der Waals surface area contributed by atoms with Gasteiger partial charge in [0.1, 0.15) is 17.8 Å². The van der Waals surface area contributed by atoms with Crippen molar-refractivity contribution in [2.45, 2.75) is 17.8 Å². The zero-order valence-electron chi connectivity index (χ0n) is 6.23. The lowest BCUT2D eigenvalue weighted by atomic mass is 9.93. The van der Waals surface area contributed by atoms with Crippen LogP contribution in [0.15, 0.2) is 25.3 Å². The van der Waals surface area contributed by atoms with Crippen molar-refractivity contribution >= 4 is 0 Å². The van der Waals surface area contributed by atoms with Crippen molar-refractivity contribution < 1.29 is 14.9 Å². The van der Waals surface area contributed by atoms with Crippen LogP contribution >= 0.6 is 0 Å². The van der Waals surface area contributed by atoms with Gasteiger partial charge in [0.2, 0.25) is 0 Å². The standard InChI is InChI=1S/C8H12O3/c1-3-7-8(10,4-2)6(9)5-11-7/h3-4,6-7,9-10H,1-2,5H2. The van der Waals surface area contributed by atoms with E-state index in [2.05, 4.69) is 13.2 Å². The maximum atomic E-state index is 9.66. The van der Waals surface area contributed by atoms with Gasteiger partial charge in [-0.3, -0.25) is 0 Å². The highest BCUT2D eigenvalue weighted by atomic mass is 16.5. The van der Waals surface area contributed by atoms with Crippen LogP contribution in [-0.4, -0.2) is 34.6 Å². The van der Waals surface area contributed by atoms with E-state index in [1.807, 2.05) is 0 Å². The predicted molar refractivity (Wildman–Crippen MR) is 41.1 cm³/mol. The number of aliphatic hydroxyl groups is 2. The molecule has 1 aliphatic heterocycles. The summed E-state index contributed by atoms with van der Waals surface area (Å²) in [5.41, 5.74) is -1.36. The molecule has 3 atom stereocenters. The Labute approximate surface area is 65.6 Å². The molecule has 11 heavy (non-hydrogen) atoms. The average Bonchev–Trinajstić information content (AvgIpc) is 2.30. The van der Waals surface area contributed by atoms with Gasteiger partial charge in [-0.05, 0) is 0 Å². The molecule has 62 valence electrons. The Morgan fingerprint density at radius 2 is 2.18 bits per heavy atom. The van der Waals surface area contributed by atoms with E-state index in [4.69, 9.17) is 4.74 Å². The molecule has 0 aromatic heterocycles. The minimum atomic E-state index is -1.36. The average molecular weight is 156 g/mol. The summed E-state index contributed by atoms with van der Waals surface area (Å²) < 4.78 is 5.03. The van der Waals surface area contributed by atoms with Gasteiger partial charge in [-0.1, -0.05) is 12.2 Å². The molecule has 0 bridgehead atoms. The van der Waals surface area contributed by atoms with Crippen LogP contribution in [-0.2, 0) is 4.74 Å². The van der Waals surface area contributed by atoms with Crippen molar-refractivity contribution in [2.75, 3.05) is 6.61 Å². The van der Waals surface area contributed by atoms with Crippen LogP contribution in [0.2, 0.25) is 0 Å². The smallest absolute Gasteiger partial charge is 0.140 e. The Morgan fingerprint density at radius 3 is 2.55 bits per heavy atom. The Morgan fingerprint density at radius 1 is 1.55 bits per heavy atom. The SMILES string of the molecule is C=CC1OCC(O)C1(O)C=C. The second-order valence-electron chi connectivity index (χ2n) is 2.60. The maximum Gasteiger partial charge on any atom is 0.140 e. The third-order valence-electron chi connectivity index (χ3n) is 1.96. The van der Waals surface area contributed by atoms with Crippen LogP contribution in [0.1, 0.15) is 0 Å². The van der Waals surface area contributed by atoms with Crippen molar-refractivity contribution in [3.8, 4) is 0 Å². The molecule has 0 spiro atoms. The Bertz CT molecular complexity index is 178. The molecule has 1 aliphatic rings. The van der Waals surface area contributed by atoms with Crippen LogP contribution < -0.4 is 0 Å². The Kier molecular flexibility index (Phi) is 2.13. The van der Waals surface area contributed by atoms with Gasteiger partial charge in [0.15, 0.2) is 0 Å². The lowest BCUT2D eigenvalue weighted by Gasteiger charge is -2.24. The topological polar surface area (TPSA) is 49.7 Å². The molecule has 3 nitrogen and oxygen atoms in total. The van der Waals surface area contributed by atoms with Crippen molar-refractivity contribution in [3.63, 3.8) is 0 Å². The lowest BCUT2D eigenvalue weighted by molar-refractivity contribution is -0.0231. The fourth-order valence-electron chi connectivity index (χ4n) is 1.16. The van der Waals surface area contributed by atoms with E-state index in [0.717, 1.165) is 0 Å². The van der Waals surface area contributed by atoms with Crippen molar-refractivity contribution in [3.05, 3.63) is 25.3 Å². The highest BCUT2D eigenvalue weighted by Crippen LogP contribution is 2.27. The highest BCUT2D eigenvalue weighted by molar-refractivity contribution is 5.14. The molecular formula is C8H12O3. The molecule has 1 heterocycles. The molecule has 0 aromatic rings. The van der Waals surface area contributed by atoms with Crippen molar-refractivity contribution in [2.24, 2.45) is 0 Å². The van der Waals surface area contributed by atoms with Crippen LogP contribution in [0.3, 0.4) is 0 Å². The van der Waals surface area contributed by atoms with Gasteiger partial charge in [-0.15, -0.1) is 13.2 Å². The van der Waals surface area contributed by atoms with Gasteiger partial charge in [-0.25, -0.2) is 0 Å². The number of hydrogen-bond acceptors (Lipinski definition) is 3. The van der Waals surface area contributed by atoms with Crippen LogP contribution in [0.25, 0.3) is 0 Å². The molecule has 0 radical (unpaired) electrons. The number of hydrogen-bond donors (Lipinski definition) is 2. The van der Waals surface area contributed by atoms with Gasteiger partial charge in [-0.2, -0.15) is 0 Å². The quantitative estimate of drug-likeness (QED) is 0.547. The second kappa shape index (κ2) is 2.77.